The minimum atomic E-state index is -1.57. The number of fused-ring (bicyclic) bond motifs is 1. The first-order valence-electron chi connectivity index (χ1n) is 32.7. The zero-order chi connectivity index (χ0) is 69.6. The minimum absolute atomic E-state index is 0.00471. The molecule has 0 aromatic heterocycles. The Morgan fingerprint density at radius 2 is 1.00 bits per heavy atom. The topological polar surface area (TPSA) is 411 Å². The number of hydrogen-bond acceptors (Lipinski definition) is 16. The van der Waals surface area contributed by atoms with Crippen LogP contribution in [0.15, 0.2) is 66.7 Å². The van der Waals surface area contributed by atoms with E-state index in [1.165, 1.54) is 0 Å². The summed E-state index contributed by atoms with van der Waals surface area (Å²) in [5.41, 5.74) is 2.79. The molecule has 2 aliphatic rings. The molecule has 95 heavy (non-hydrogen) atoms. The van der Waals surface area contributed by atoms with Gasteiger partial charge in [0.25, 0.3) is 0 Å². The van der Waals surface area contributed by atoms with Gasteiger partial charge in [-0.1, -0.05) is 80.6 Å². The molecule has 1 saturated carbocycles. The van der Waals surface area contributed by atoms with Gasteiger partial charge in [-0.25, -0.2) is 14.4 Å². The molecule has 5 rings (SSSR count). The van der Waals surface area contributed by atoms with Crippen LogP contribution in [0.3, 0.4) is 0 Å². The lowest BCUT2D eigenvalue weighted by molar-refractivity contribution is -0.141. The summed E-state index contributed by atoms with van der Waals surface area (Å²) in [6.45, 7) is 6.47. The number of aliphatic carboxylic acids is 6. The molecular formula is C67H96N10O18. The number of amides is 6. The Bertz CT molecular complexity index is 3050. The third kappa shape index (κ3) is 28.9. The second-order valence-corrected chi connectivity index (χ2v) is 25.4. The van der Waals surface area contributed by atoms with E-state index in [0.29, 0.717) is 31.6 Å². The number of nitrogens with one attached hydrogen (secondary N) is 6. The highest BCUT2D eigenvalue weighted by molar-refractivity contribution is 5.90. The van der Waals surface area contributed by atoms with Gasteiger partial charge in [-0.05, 0) is 117 Å². The molecule has 6 amide bonds. The molecule has 1 aliphatic carbocycles. The number of rotatable bonds is 37. The summed E-state index contributed by atoms with van der Waals surface area (Å²) in [5.74, 6) is -10.6. The van der Waals surface area contributed by atoms with Gasteiger partial charge in [0, 0.05) is 96.7 Å². The number of carbonyl (C=O) groups is 12. The van der Waals surface area contributed by atoms with Gasteiger partial charge in [0.2, 0.25) is 23.6 Å². The van der Waals surface area contributed by atoms with E-state index in [1.807, 2.05) is 66.7 Å². The summed E-state index contributed by atoms with van der Waals surface area (Å²) >= 11 is 0. The molecule has 28 heteroatoms. The monoisotopic (exact) mass is 1330 g/mol. The highest BCUT2D eigenvalue weighted by Gasteiger charge is 2.33. The van der Waals surface area contributed by atoms with Crippen LogP contribution in [0.2, 0.25) is 0 Å². The first kappa shape index (κ1) is 77.1. The standard InChI is InChI=1S/C67H96N10O18/c1-43(2)34-45-11-16-48(17-12-45)44(3)62(88)69-25-23-53(71-57(79)39-74-26-28-75(40-59(82)83)30-32-77(42-61(86)87)33-31-76(29-27-74)41-60(84)85)64(90)70-38-46-13-19-50(20-14-46)56(78)37-52(36-47-15-18-49-8-4-5-9-51(49)35-47)63(89)68-24-7-6-10-54(65(91)92)72-67(95)73-55(66(93)94)21-22-58(80)81/h4-5,8-9,11-12,15-18,35,43-44,46,50,52-55H,6-7,10,13-14,19-34,36-42H2,1-3H3,(H,68,89)(H,69,88)(H,70,90)(H,71,79)(H,80,81)(H,82,83)(H,84,85)(H,86,87)(H,91,92)(H,93,94)(H2,72,73,95). The fourth-order valence-electron chi connectivity index (χ4n) is 11.9. The van der Waals surface area contributed by atoms with Gasteiger partial charge in [0.15, 0.2) is 0 Å². The Morgan fingerprint density at radius 3 is 1.53 bits per heavy atom. The van der Waals surface area contributed by atoms with Crippen LogP contribution in [0, 0.1) is 23.7 Å². The number of carboxylic acid groups (broad SMARTS) is 6. The minimum Gasteiger partial charge on any atom is -0.481 e. The number of urea groups is 1. The molecule has 1 saturated heterocycles. The maximum atomic E-state index is 14.3. The zero-order valence-corrected chi connectivity index (χ0v) is 54.6. The van der Waals surface area contributed by atoms with Crippen molar-refractivity contribution in [1.29, 1.82) is 0 Å². The van der Waals surface area contributed by atoms with Gasteiger partial charge in [0.05, 0.1) is 32.1 Å². The normalized spacial score (nSPS) is 17.9. The molecule has 2 fully saturated rings. The number of unbranched alkanes of at least 4 members (excludes halogenated alkanes) is 1. The maximum Gasteiger partial charge on any atom is 0.326 e. The number of Topliss-reactive ketones (excluding diaryl/α,β-unsaturated/α-hetero) is 1. The summed E-state index contributed by atoms with van der Waals surface area (Å²) in [7, 11) is 0. The second-order valence-electron chi connectivity index (χ2n) is 25.4. The molecule has 3 aromatic carbocycles. The highest BCUT2D eigenvalue weighted by Crippen LogP contribution is 2.32. The van der Waals surface area contributed by atoms with E-state index in [4.69, 9.17) is 5.11 Å². The number of ketones is 1. The van der Waals surface area contributed by atoms with Crippen LogP contribution < -0.4 is 31.9 Å². The van der Waals surface area contributed by atoms with Crippen molar-refractivity contribution >= 4 is 82.0 Å². The lowest BCUT2D eigenvalue weighted by atomic mass is 9.77. The van der Waals surface area contributed by atoms with Gasteiger partial charge in [-0.3, -0.25) is 62.8 Å². The number of benzene rings is 3. The summed E-state index contributed by atoms with van der Waals surface area (Å²) < 4.78 is 0. The summed E-state index contributed by atoms with van der Waals surface area (Å²) in [6.07, 6.45) is 2.61. The second kappa shape index (κ2) is 39.9. The van der Waals surface area contributed by atoms with Gasteiger partial charge in [-0.15, -0.1) is 0 Å². The Hall–Kier alpha value is -8.60. The molecule has 5 atom stereocenters. The molecule has 0 spiro atoms. The Kier molecular flexibility index (Phi) is 32.4. The summed E-state index contributed by atoms with van der Waals surface area (Å²) in [5, 5.41) is 75.1. The van der Waals surface area contributed by atoms with Crippen molar-refractivity contribution in [2.24, 2.45) is 23.7 Å². The van der Waals surface area contributed by atoms with Crippen LogP contribution in [0.4, 0.5) is 4.79 Å². The largest absolute Gasteiger partial charge is 0.481 e. The van der Waals surface area contributed by atoms with Crippen molar-refractivity contribution in [3.63, 3.8) is 0 Å². The summed E-state index contributed by atoms with van der Waals surface area (Å²) in [4.78, 5) is 159. The molecule has 1 heterocycles. The molecule has 3 aromatic rings. The van der Waals surface area contributed by atoms with E-state index in [2.05, 4.69) is 45.7 Å². The fraction of sp³-hybridized carbons (Fsp3) is 0.582. The number of carbonyl (C=O) groups excluding carboxylic acids is 6. The van der Waals surface area contributed by atoms with Crippen molar-refractivity contribution in [2.45, 2.75) is 128 Å². The molecule has 0 radical (unpaired) electrons. The van der Waals surface area contributed by atoms with Crippen LogP contribution in [0.1, 0.15) is 114 Å². The van der Waals surface area contributed by atoms with Crippen molar-refractivity contribution in [3.8, 4) is 0 Å². The van der Waals surface area contributed by atoms with E-state index in [1.54, 1.807) is 26.5 Å². The fourth-order valence-corrected chi connectivity index (χ4v) is 11.9. The SMILES string of the molecule is CC(C)Cc1ccc(C(C)C(=O)NCCC(NC(=O)CN2CCN(CC(=O)O)CCN(CC(=O)O)CCN(CC(=O)O)CC2)C(=O)NCC2CCC(C(=O)CC(Cc3ccc4ccccc4c3)C(=O)NCCCCC(NC(=O)NC(CCC(=O)O)C(=O)O)C(=O)O)CC2)cc1. The Balaban J connectivity index is 1.22. The van der Waals surface area contributed by atoms with Crippen LogP contribution in [0.5, 0.6) is 0 Å². The smallest absolute Gasteiger partial charge is 0.326 e. The van der Waals surface area contributed by atoms with Crippen LogP contribution in [0.25, 0.3) is 10.8 Å². The molecule has 12 N–H and O–H groups in total. The van der Waals surface area contributed by atoms with Crippen molar-refractivity contribution in [1.82, 2.24) is 51.5 Å². The number of nitrogens with zero attached hydrogens (tertiary/aromatic N) is 4. The van der Waals surface area contributed by atoms with E-state index >= 15 is 0 Å². The van der Waals surface area contributed by atoms with Crippen LogP contribution in [-0.2, 0) is 65.6 Å². The van der Waals surface area contributed by atoms with Crippen molar-refractivity contribution in [2.75, 3.05) is 98.2 Å². The quantitative estimate of drug-likeness (QED) is 0.0369. The predicted molar refractivity (Wildman–Crippen MR) is 349 cm³/mol. The average molecular weight is 1330 g/mol. The van der Waals surface area contributed by atoms with Crippen molar-refractivity contribution < 1.29 is 88.2 Å². The number of carboxylic acids is 6. The first-order chi connectivity index (χ1) is 45.2. The van der Waals surface area contributed by atoms with Gasteiger partial charge >= 0.3 is 41.8 Å². The Morgan fingerprint density at radius 1 is 0.484 bits per heavy atom. The average Bonchev–Trinajstić information content (AvgIpc) is 0.978. The molecule has 28 nitrogen and oxygen atoms in total. The van der Waals surface area contributed by atoms with Gasteiger partial charge in [0.1, 0.15) is 23.9 Å². The summed E-state index contributed by atoms with van der Waals surface area (Å²) in [6, 6.07) is 16.2. The van der Waals surface area contributed by atoms with E-state index in [0.717, 1.165) is 33.9 Å². The van der Waals surface area contributed by atoms with Gasteiger partial charge < -0.3 is 62.5 Å². The number of hydrogen-bond donors (Lipinski definition) is 12. The third-order valence-electron chi connectivity index (χ3n) is 17.3. The molecule has 5 unspecified atom stereocenters. The first-order valence-corrected chi connectivity index (χ1v) is 32.7. The van der Waals surface area contributed by atoms with Crippen LogP contribution in [-0.4, -0.2) is 238 Å². The predicted octanol–water partition coefficient (Wildman–Crippen LogP) is 2.71. The maximum absolute atomic E-state index is 14.3. The van der Waals surface area contributed by atoms with Crippen molar-refractivity contribution in [3.05, 3.63) is 83.4 Å². The highest BCUT2D eigenvalue weighted by atomic mass is 16.4. The molecule has 0 bridgehead atoms. The lowest BCUT2D eigenvalue weighted by Crippen LogP contribution is -2.53. The van der Waals surface area contributed by atoms with E-state index in [-0.39, 0.29) is 166 Å². The van der Waals surface area contributed by atoms with Gasteiger partial charge in [-0.2, -0.15) is 0 Å². The molecule has 522 valence electrons. The molecule has 1 aliphatic heterocycles. The van der Waals surface area contributed by atoms with E-state index < -0.39 is 96.5 Å². The Labute approximate surface area is 553 Å². The zero-order valence-electron chi connectivity index (χ0n) is 54.6. The third-order valence-corrected chi connectivity index (χ3v) is 17.3. The lowest BCUT2D eigenvalue weighted by Gasteiger charge is -2.33. The van der Waals surface area contributed by atoms with E-state index in [9.17, 15) is 83.1 Å². The molecular weight excluding hydrogens is 1230 g/mol. The van der Waals surface area contributed by atoms with Crippen LogP contribution >= 0.6 is 0 Å².